The average Bonchev–Trinajstić information content (AvgIpc) is 2.52. The molecule has 3 heteroatoms. The summed E-state index contributed by atoms with van der Waals surface area (Å²) in [5, 5.41) is 0. The van der Waals surface area contributed by atoms with Crippen LogP contribution in [-0.4, -0.2) is 43.2 Å². The van der Waals surface area contributed by atoms with E-state index in [1.165, 1.54) is 49.7 Å². The minimum absolute atomic E-state index is 0.175. The van der Waals surface area contributed by atoms with Gasteiger partial charge in [-0.15, -0.1) is 0 Å². The Hall–Kier alpha value is -1.35. The number of hydrogen-bond donors (Lipinski definition) is 0. The molecule has 0 aromatic heterocycles. The van der Waals surface area contributed by atoms with Gasteiger partial charge < -0.3 is 9.22 Å². The second-order valence-corrected chi connectivity index (χ2v) is 6.86. The smallest absolute Gasteiger partial charge is 0.338 e. The van der Waals surface area contributed by atoms with Gasteiger partial charge in [0.1, 0.15) is 6.61 Å². The Morgan fingerprint density at radius 1 is 1.14 bits per heavy atom. The molecule has 2 fully saturated rings. The Morgan fingerprint density at radius 2 is 1.90 bits per heavy atom. The molecule has 0 amide bonds. The molecule has 3 nitrogen and oxygen atoms in total. The molecule has 0 spiro atoms. The molecule has 0 bridgehead atoms. The molecule has 3 atom stereocenters. The Morgan fingerprint density at radius 3 is 2.71 bits per heavy atom. The minimum atomic E-state index is -0.175. The molecule has 2 saturated heterocycles. The number of carbonyl (C=O) groups is 1. The summed E-state index contributed by atoms with van der Waals surface area (Å²) >= 11 is 0. The van der Waals surface area contributed by atoms with Crippen LogP contribution in [0.1, 0.15) is 42.5 Å². The molecular weight excluding hydrogens is 262 g/mol. The van der Waals surface area contributed by atoms with Crippen molar-refractivity contribution < 1.29 is 14.0 Å². The lowest BCUT2D eigenvalue weighted by Crippen LogP contribution is -2.61. The summed E-state index contributed by atoms with van der Waals surface area (Å²) in [5.74, 6) is 0.364. The summed E-state index contributed by atoms with van der Waals surface area (Å²) in [6.07, 6.45) is 6.45. The lowest BCUT2D eigenvalue weighted by molar-refractivity contribution is -0.947. The van der Waals surface area contributed by atoms with Crippen LogP contribution in [0.25, 0.3) is 0 Å². The lowest BCUT2D eigenvalue weighted by atomic mass is 9.82. The highest BCUT2D eigenvalue weighted by Gasteiger charge is 2.43. The maximum atomic E-state index is 12.1. The van der Waals surface area contributed by atoms with Gasteiger partial charge in [-0.2, -0.15) is 0 Å². The average molecular weight is 288 g/mol. The highest BCUT2D eigenvalue weighted by atomic mass is 16.5. The first kappa shape index (κ1) is 14.6. The number of benzene rings is 1. The van der Waals surface area contributed by atoms with E-state index < -0.39 is 0 Å². The van der Waals surface area contributed by atoms with E-state index in [1.807, 2.05) is 30.3 Å². The van der Waals surface area contributed by atoms with Gasteiger partial charge in [0.2, 0.25) is 0 Å². The number of quaternary nitrogens is 1. The number of piperidine rings is 2. The van der Waals surface area contributed by atoms with Crippen molar-refractivity contribution in [3.05, 3.63) is 35.9 Å². The Labute approximate surface area is 127 Å². The molecule has 0 N–H and O–H groups in total. The first-order valence-corrected chi connectivity index (χ1v) is 8.25. The zero-order chi connectivity index (χ0) is 14.7. The largest absolute Gasteiger partial charge is 0.462 e. The maximum Gasteiger partial charge on any atom is 0.338 e. The summed E-state index contributed by atoms with van der Waals surface area (Å²) < 4.78 is 6.81. The van der Waals surface area contributed by atoms with Crippen molar-refractivity contribution in [2.45, 2.75) is 38.1 Å². The van der Waals surface area contributed by atoms with Crippen molar-refractivity contribution >= 4 is 5.97 Å². The SMILES string of the molecule is C[N@@+]12CCCC[C@@H]1[C@H](COC(=O)c1ccccc1)CCC2. The summed E-state index contributed by atoms with van der Waals surface area (Å²) in [6.45, 7) is 3.19. The molecule has 2 heterocycles. The number of hydrogen-bond acceptors (Lipinski definition) is 2. The third-order valence-corrected chi connectivity index (χ3v) is 5.45. The number of ether oxygens (including phenoxy) is 1. The van der Waals surface area contributed by atoms with Crippen LogP contribution >= 0.6 is 0 Å². The summed E-state index contributed by atoms with van der Waals surface area (Å²) in [5.41, 5.74) is 0.661. The maximum absolute atomic E-state index is 12.1. The van der Waals surface area contributed by atoms with Gasteiger partial charge in [-0.25, -0.2) is 4.79 Å². The normalized spacial score (nSPS) is 32.2. The Kier molecular flexibility index (Phi) is 4.29. The second kappa shape index (κ2) is 6.18. The number of nitrogens with zero attached hydrogens (tertiary/aromatic N) is 1. The molecule has 3 rings (SSSR count). The van der Waals surface area contributed by atoms with Crippen LogP contribution < -0.4 is 0 Å². The fraction of sp³-hybridized carbons (Fsp3) is 0.611. The second-order valence-electron chi connectivity index (χ2n) is 6.86. The number of rotatable bonds is 3. The molecule has 0 unspecified atom stereocenters. The van der Waals surface area contributed by atoms with Crippen molar-refractivity contribution in [2.24, 2.45) is 5.92 Å². The molecule has 0 radical (unpaired) electrons. The first-order chi connectivity index (χ1) is 10.2. The highest BCUT2D eigenvalue weighted by Crippen LogP contribution is 2.36. The first-order valence-electron chi connectivity index (χ1n) is 8.25. The zero-order valence-electron chi connectivity index (χ0n) is 13.0. The molecule has 1 aromatic rings. The zero-order valence-corrected chi connectivity index (χ0v) is 13.0. The van der Waals surface area contributed by atoms with Crippen LogP contribution in [0.3, 0.4) is 0 Å². The number of fused-ring (bicyclic) bond motifs is 1. The number of carbonyl (C=O) groups excluding carboxylic acids is 1. The predicted molar refractivity (Wildman–Crippen MR) is 83.0 cm³/mol. The van der Waals surface area contributed by atoms with Crippen molar-refractivity contribution in [2.75, 3.05) is 26.7 Å². The molecule has 114 valence electrons. The van der Waals surface area contributed by atoms with Crippen LogP contribution in [0, 0.1) is 5.92 Å². The summed E-state index contributed by atoms with van der Waals surface area (Å²) in [4.78, 5) is 12.1. The summed E-state index contributed by atoms with van der Waals surface area (Å²) in [6, 6.07) is 10.0. The number of esters is 1. The van der Waals surface area contributed by atoms with Gasteiger partial charge in [0.05, 0.1) is 31.7 Å². The van der Waals surface area contributed by atoms with Crippen molar-refractivity contribution in [3.8, 4) is 0 Å². The van der Waals surface area contributed by atoms with E-state index >= 15 is 0 Å². The van der Waals surface area contributed by atoms with E-state index in [0.29, 0.717) is 24.1 Å². The van der Waals surface area contributed by atoms with Crippen molar-refractivity contribution in [1.29, 1.82) is 0 Å². The van der Waals surface area contributed by atoms with E-state index in [2.05, 4.69) is 7.05 Å². The van der Waals surface area contributed by atoms with Crippen LogP contribution in [0.15, 0.2) is 30.3 Å². The highest BCUT2D eigenvalue weighted by molar-refractivity contribution is 5.89. The third-order valence-electron chi connectivity index (χ3n) is 5.45. The van der Waals surface area contributed by atoms with E-state index in [9.17, 15) is 4.79 Å². The quantitative estimate of drug-likeness (QED) is 0.630. The van der Waals surface area contributed by atoms with Crippen LogP contribution in [0.5, 0.6) is 0 Å². The lowest BCUT2D eigenvalue weighted by Gasteiger charge is -2.51. The fourth-order valence-corrected chi connectivity index (χ4v) is 4.27. The van der Waals surface area contributed by atoms with Crippen molar-refractivity contribution in [3.63, 3.8) is 0 Å². The minimum Gasteiger partial charge on any atom is -0.462 e. The monoisotopic (exact) mass is 288 g/mol. The van der Waals surface area contributed by atoms with Gasteiger partial charge in [0.25, 0.3) is 0 Å². The molecule has 1 aromatic carbocycles. The molecular formula is C18H26NO2+. The van der Waals surface area contributed by atoms with Gasteiger partial charge in [-0.3, -0.25) is 0 Å². The third kappa shape index (κ3) is 3.13. The Balaban J connectivity index is 1.61. The van der Waals surface area contributed by atoms with Crippen LogP contribution in [0.2, 0.25) is 0 Å². The van der Waals surface area contributed by atoms with E-state index in [-0.39, 0.29) is 5.97 Å². The van der Waals surface area contributed by atoms with Gasteiger partial charge in [0.15, 0.2) is 0 Å². The van der Waals surface area contributed by atoms with E-state index in [0.717, 1.165) is 0 Å². The molecule has 2 aliphatic rings. The van der Waals surface area contributed by atoms with Gasteiger partial charge in [-0.05, 0) is 37.8 Å². The topological polar surface area (TPSA) is 26.3 Å². The van der Waals surface area contributed by atoms with Gasteiger partial charge in [0, 0.05) is 12.3 Å². The van der Waals surface area contributed by atoms with Crippen LogP contribution in [-0.2, 0) is 4.74 Å². The fourth-order valence-electron chi connectivity index (χ4n) is 4.27. The van der Waals surface area contributed by atoms with E-state index in [4.69, 9.17) is 4.74 Å². The van der Waals surface area contributed by atoms with Crippen molar-refractivity contribution in [1.82, 2.24) is 0 Å². The standard InChI is InChI=1S/C18H26NO2/c1-19-12-6-5-11-17(19)16(10-7-13-19)14-21-18(20)15-8-3-2-4-9-15/h2-4,8-9,16-17H,5-7,10-14H2,1H3/q+1/t16-,17+,19-/m0/s1. The van der Waals surface area contributed by atoms with Crippen LogP contribution in [0.4, 0.5) is 0 Å². The summed E-state index contributed by atoms with van der Waals surface area (Å²) in [7, 11) is 2.40. The predicted octanol–water partition coefficient (Wildman–Crippen LogP) is 3.25. The van der Waals surface area contributed by atoms with Gasteiger partial charge >= 0.3 is 5.97 Å². The molecule has 0 aliphatic carbocycles. The molecule has 0 saturated carbocycles. The molecule has 2 aliphatic heterocycles. The molecule has 21 heavy (non-hydrogen) atoms. The Bertz CT molecular complexity index is 483. The van der Waals surface area contributed by atoms with E-state index in [1.54, 1.807) is 0 Å². The van der Waals surface area contributed by atoms with Gasteiger partial charge in [-0.1, -0.05) is 18.2 Å².